The number of H-pyrrole nitrogens is 1. The van der Waals surface area contributed by atoms with Gasteiger partial charge < -0.3 is 9.88 Å². The summed E-state index contributed by atoms with van der Waals surface area (Å²) in [4.78, 5) is 26.6. The third-order valence-corrected chi connectivity index (χ3v) is 3.62. The van der Waals surface area contributed by atoms with E-state index in [4.69, 9.17) is 6.42 Å². The van der Waals surface area contributed by atoms with Gasteiger partial charge >= 0.3 is 0 Å². The van der Waals surface area contributed by atoms with E-state index in [0.29, 0.717) is 11.2 Å². The molecule has 0 bridgehead atoms. The van der Waals surface area contributed by atoms with Crippen molar-refractivity contribution in [3.63, 3.8) is 0 Å². The van der Waals surface area contributed by atoms with Gasteiger partial charge in [-0.1, -0.05) is 26.7 Å². The number of hydrogen-bond donors (Lipinski definition) is 1. The van der Waals surface area contributed by atoms with Crippen LogP contribution in [-0.2, 0) is 0 Å². The molecule has 0 amide bonds. The van der Waals surface area contributed by atoms with E-state index in [0.717, 1.165) is 24.3 Å². The zero-order valence-electron chi connectivity index (χ0n) is 13.8. The highest BCUT2D eigenvalue weighted by molar-refractivity contribution is 6.01. The molecule has 2 aromatic rings. The molecule has 2 rings (SSSR count). The van der Waals surface area contributed by atoms with Crippen LogP contribution in [0.1, 0.15) is 50.8 Å². The zero-order chi connectivity index (χ0) is 16.5. The number of terminal acetylenes is 1. The molecule has 0 unspecified atom stereocenters. The summed E-state index contributed by atoms with van der Waals surface area (Å²) in [7, 11) is 0. The number of fused-ring (bicyclic) bond motifs is 1. The number of rotatable bonds is 4. The molecule has 0 aromatic carbocycles. The largest absolute Gasteiger partial charge is 0.356 e. The Bertz CT molecular complexity index is 742. The number of nitrogens with one attached hydrogen (secondary N) is 1. The molecule has 5 heteroatoms. The Balaban J connectivity index is 2.75. The number of Topliss-reactive ketones (excluding diaryl/α,β-unsaturated/α-hetero) is 1. The highest BCUT2D eigenvalue weighted by atomic mass is 16.1. The third-order valence-electron chi connectivity index (χ3n) is 3.62. The average molecular weight is 298 g/mol. The van der Waals surface area contributed by atoms with Crippen molar-refractivity contribution in [2.24, 2.45) is 5.41 Å². The van der Waals surface area contributed by atoms with E-state index in [2.05, 4.69) is 25.8 Å². The van der Waals surface area contributed by atoms with Crippen molar-refractivity contribution in [2.45, 2.75) is 34.6 Å². The van der Waals surface area contributed by atoms with Gasteiger partial charge in [0.05, 0.1) is 10.9 Å². The maximum Gasteiger partial charge on any atom is 0.205 e. The van der Waals surface area contributed by atoms with Gasteiger partial charge in [0.1, 0.15) is 11.5 Å². The number of anilines is 1. The van der Waals surface area contributed by atoms with Gasteiger partial charge in [-0.15, -0.1) is 6.42 Å². The van der Waals surface area contributed by atoms with Crippen molar-refractivity contribution in [3.05, 3.63) is 17.6 Å². The summed E-state index contributed by atoms with van der Waals surface area (Å²) in [5, 5.41) is 0.802. The normalized spacial score (nSPS) is 11.5. The van der Waals surface area contributed by atoms with Crippen LogP contribution in [0.4, 0.5) is 5.82 Å². The number of aromatic amines is 1. The predicted octanol–water partition coefficient (Wildman–Crippen LogP) is 3.01. The van der Waals surface area contributed by atoms with Gasteiger partial charge in [-0.2, -0.15) is 0 Å². The molecule has 0 fully saturated rings. The predicted molar refractivity (Wildman–Crippen MR) is 89.2 cm³/mol. The average Bonchev–Trinajstić information content (AvgIpc) is 2.89. The summed E-state index contributed by atoms with van der Waals surface area (Å²) < 4.78 is 0. The summed E-state index contributed by atoms with van der Waals surface area (Å²) >= 11 is 0. The Kier molecular flexibility index (Phi) is 4.23. The van der Waals surface area contributed by atoms with E-state index in [-0.39, 0.29) is 11.6 Å². The van der Waals surface area contributed by atoms with Crippen LogP contribution in [0.3, 0.4) is 0 Å². The fourth-order valence-electron chi connectivity index (χ4n) is 2.32. The molecule has 0 atom stereocenters. The molecule has 1 N–H and O–H groups in total. The third kappa shape index (κ3) is 2.69. The monoisotopic (exact) mass is 298 g/mol. The van der Waals surface area contributed by atoms with Crippen molar-refractivity contribution in [1.29, 1.82) is 0 Å². The van der Waals surface area contributed by atoms with Crippen LogP contribution in [0.15, 0.2) is 6.20 Å². The van der Waals surface area contributed by atoms with Gasteiger partial charge in [-0.25, -0.2) is 9.97 Å². The zero-order valence-corrected chi connectivity index (χ0v) is 13.8. The Morgan fingerprint density at radius 1 is 1.32 bits per heavy atom. The first-order chi connectivity index (χ1) is 10.3. The molecule has 2 aromatic heterocycles. The summed E-state index contributed by atoms with van der Waals surface area (Å²) in [5.41, 5.74) is 0.791. The first-order valence-electron chi connectivity index (χ1n) is 7.48. The lowest BCUT2D eigenvalue weighted by Gasteiger charge is -2.22. The van der Waals surface area contributed by atoms with Crippen molar-refractivity contribution < 1.29 is 4.79 Å². The maximum atomic E-state index is 12.5. The molecule has 0 aliphatic rings. The van der Waals surface area contributed by atoms with E-state index < -0.39 is 5.41 Å². The number of ketones is 1. The number of aromatic nitrogens is 3. The van der Waals surface area contributed by atoms with Gasteiger partial charge in [0.2, 0.25) is 11.6 Å². The summed E-state index contributed by atoms with van der Waals surface area (Å²) in [5.74, 6) is 3.51. The van der Waals surface area contributed by atoms with Gasteiger partial charge in [0.25, 0.3) is 0 Å². The Labute approximate surface area is 131 Å². The second-order valence-electron chi connectivity index (χ2n) is 6.19. The lowest BCUT2D eigenvalue weighted by atomic mass is 9.90. The second kappa shape index (κ2) is 5.80. The van der Waals surface area contributed by atoms with Gasteiger partial charge in [0, 0.05) is 24.7 Å². The fraction of sp³-hybridized carbons (Fsp3) is 0.471. The van der Waals surface area contributed by atoms with Crippen LogP contribution < -0.4 is 4.90 Å². The lowest BCUT2D eigenvalue weighted by Crippen LogP contribution is -2.27. The van der Waals surface area contributed by atoms with Crippen molar-refractivity contribution in [3.8, 4) is 12.3 Å². The van der Waals surface area contributed by atoms with E-state index in [1.54, 1.807) is 6.20 Å². The number of carbonyl (C=O) groups excluding carboxylic acids is 1. The van der Waals surface area contributed by atoms with Crippen molar-refractivity contribution >= 4 is 22.6 Å². The molecule has 2 heterocycles. The minimum Gasteiger partial charge on any atom is -0.356 e. The minimum absolute atomic E-state index is 0.0836. The lowest BCUT2D eigenvalue weighted by molar-refractivity contribution is 0.0847. The highest BCUT2D eigenvalue weighted by Crippen LogP contribution is 2.28. The van der Waals surface area contributed by atoms with E-state index >= 15 is 0 Å². The SMILES string of the molecule is C#Cc1c[nH]c2nc(C(=O)C(C)(C)C)nc(N(CC)CC)c12. The van der Waals surface area contributed by atoms with Gasteiger partial charge in [-0.3, -0.25) is 4.79 Å². The first-order valence-corrected chi connectivity index (χ1v) is 7.48. The molecule has 22 heavy (non-hydrogen) atoms. The molecule has 0 saturated heterocycles. The number of nitrogens with zero attached hydrogens (tertiary/aromatic N) is 3. The van der Waals surface area contributed by atoms with Crippen LogP contribution >= 0.6 is 0 Å². The first kappa shape index (κ1) is 16.0. The number of carbonyl (C=O) groups is 1. The van der Waals surface area contributed by atoms with Crippen LogP contribution in [-0.4, -0.2) is 33.8 Å². The van der Waals surface area contributed by atoms with Crippen molar-refractivity contribution in [1.82, 2.24) is 15.0 Å². The summed E-state index contributed by atoms with van der Waals surface area (Å²) in [6.45, 7) is 11.2. The maximum absolute atomic E-state index is 12.5. The fourth-order valence-corrected chi connectivity index (χ4v) is 2.32. The molecule has 0 radical (unpaired) electrons. The van der Waals surface area contributed by atoms with Gasteiger partial charge in [-0.05, 0) is 13.8 Å². The molecule has 0 aliphatic carbocycles. The molecule has 5 nitrogen and oxygen atoms in total. The molecular weight excluding hydrogens is 276 g/mol. The molecule has 116 valence electrons. The van der Waals surface area contributed by atoms with Crippen LogP contribution in [0, 0.1) is 17.8 Å². The summed E-state index contributed by atoms with van der Waals surface area (Å²) in [6, 6.07) is 0. The van der Waals surface area contributed by atoms with Crippen LogP contribution in [0.2, 0.25) is 0 Å². The topological polar surface area (TPSA) is 61.9 Å². The van der Waals surface area contributed by atoms with E-state index in [1.165, 1.54) is 0 Å². The Morgan fingerprint density at radius 2 is 1.95 bits per heavy atom. The van der Waals surface area contributed by atoms with Crippen LogP contribution in [0.25, 0.3) is 11.0 Å². The van der Waals surface area contributed by atoms with Crippen LogP contribution in [0.5, 0.6) is 0 Å². The quantitative estimate of drug-likeness (QED) is 0.696. The Morgan fingerprint density at radius 3 is 2.45 bits per heavy atom. The highest BCUT2D eigenvalue weighted by Gasteiger charge is 2.28. The minimum atomic E-state index is -0.532. The molecular formula is C17H22N4O. The van der Waals surface area contributed by atoms with Crippen molar-refractivity contribution in [2.75, 3.05) is 18.0 Å². The summed E-state index contributed by atoms with van der Waals surface area (Å²) in [6.07, 6.45) is 7.30. The molecule has 0 saturated carbocycles. The standard InChI is InChI=1S/C17H22N4O/c1-7-11-10-18-14-12(11)16(21(8-2)9-3)20-15(19-14)13(22)17(4,5)6/h1,10H,8-9H2,2-6H3,(H,18,19,20). The van der Waals surface area contributed by atoms with Gasteiger partial charge in [0.15, 0.2) is 0 Å². The second-order valence-corrected chi connectivity index (χ2v) is 6.19. The number of hydrogen-bond acceptors (Lipinski definition) is 4. The van der Waals surface area contributed by atoms with E-state index in [9.17, 15) is 4.79 Å². The smallest absolute Gasteiger partial charge is 0.205 e. The van der Waals surface area contributed by atoms with E-state index in [1.807, 2.05) is 34.6 Å². The molecule has 0 aliphatic heterocycles. The Hall–Kier alpha value is -2.35. The molecule has 0 spiro atoms.